The Labute approximate surface area is 139 Å². The monoisotopic (exact) mass is 347 g/mol. The molecule has 0 radical (unpaired) electrons. The molecule has 0 aliphatic carbocycles. The molecule has 0 atom stereocenters. The van der Waals surface area contributed by atoms with Crippen molar-refractivity contribution >= 4 is 26.5 Å². The van der Waals surface area contributed by atoms with E-state index in [0.29, 0.717) is 6.07 Å². The molecule has 0 saturated heterocycles. The van der Waals surface area contributed by atoms with Gasteiger partial charge in [0.25, 0.3) is 10.0 Å². The number of benzene rings is 3. The van der Waals surface area contributed by atoms with Crippen LogP contribution in [0.3, 0.4) is 0 Å². The third kappa shape index (κ3) is 2.85. The summed E-state index contributed by atoms with van der Waals surface area (Å²) in [5, 5.41) is 1.68. The second kappa shape index (κ2) is 6.20. The second-order valence-electron chi connectivity index (χ2n) is 5.27. The van der Waals surface area contributed by atoms with Crippen molar-refractivity contribution in [3.63, 3.8) is 0 Å². The number of halogens is 2. The first-order valence-electron chi connectivity index (χ1n) is 7.40. The number of anilines is 1. The summed E-state index contributed by atoms with van der Waals surface area (Å²) in [6, 6.07) is 15.0. The molecule has 3 aromatic carbocycles. The predicted molar refractivity (Wildman–Crippen MR) is 90.5 cm³/mol. The molecule has 0 bridgehead atoms. The molecule has 0 N–H and O–H groups in total. The van der Waals surface area contributed by atoms with Gasteiger partial charge in [0.2, 0.25) is 0 Å². The van der Waals surface area contributed by atoms with E-state index >= 15 is 0 Å². The van der Waals surface area contributed by atoms with Crippen molar-refractivity contribution < 1.29 is 17.2 Å². The van der Waals surface area contributed by atoms with Crippen LogP contribution in [0, 0.1) is 11.6 Å². The minimum Gasteiger partial charge on any atom is -0.264 e. The Bertz CT molecular complexity index is 1000. The molecule has 0 aliphatic heterocycles. The number of hydrogen-bond donors (Lipinski definition) is 0. The summed E-state index contributed by atoms with van der Waals surface area (Å²) in [7, 11) is -3.96. The van der Waals surface area contributed by atoms with Gasteiger partial charge < -0.3 is 0 Å². The van der Waals surface area contributed by atoms with Crippen molar-refractivity contribution in [1.29, 1.82) is 0 Å². The molecule has 0 heterocycles. The standard InChI is InChI=1S/C18H15F2NO2S/c1-2-21(18-10-8-15(19)12-17(18)20)24(22,23)16-9-7-13-5-3-4-6-14(13)11-16/h3-12H,2H2,1H3. The summed E-state index contributed by atoms with van der Waals surface area (Å²) < 4.78 is 53.9. The quantitative estimate of drug-likeness (QED) is 0.704. The fourth-order valence-corrected chi connectivity index (χ4v) is 4.13. The van der Waals surface area contributed by atoms with Gasteiger partial charge in [-0.1, -0.05) is 30.3 Å². The van der Waals surface area contributed by atoms with E-state index < -0.39 is 21.7 Å². The Morgan fingerprint density at radius 1 is 0.917 bits per heavy atom. The average Bonchev–Trinajstić information content (AvgIpc) is 2.57. The molecule has 3 nitrogen and oxygen atoms in total. The minimum absolute atomic E-state index is 0.0255. The van der Waals surface area contributed by atoms with Gasteiger partial charge in [-0.2, -0.15) is 0 Å². The largest absolute Gasteiger partial charge is 0.264 e. The number of fused-ring (bicyclic) bond motifs is 1. The highest BCUT2D eigenvalue weighted by molar-refractivity contribution is 7.92. The van der Waals surface area contributed by atoms with Crippen LogP contribution in [-0.4, -0.2) is 15.0 Å². The predicted octanol–water partition coefficient (Wildman–Crippen LogP) is 4.33. The van der Waals surface area contributed by atoms with E-state index in [0.717, 1.165) is 27.2 Å². The Morgan fingerprint density at radius 3 is 2.29 bits per heavy atom. The lowest BCUT2D eigenvalue weighted by Crippen LogP contribution is -2.31. The first-order chi connectivity index (χ1) is 11.4. The maximum absolute atomic E-state index is 14.0. The zero-order valence-electron chi connectivity index (χ0n) is 12.9. The van der Waals surface area contributed by atoms with Crippen LogP contribution >= 0.6 is 0 Å². The fourth-order valence-electron chi connectivity index (χ4n) is 2.61. The highest BCUT2D eigenvalue weighted by Gasteiger charge is 2.26. The van der Waals surface area contributed by atoms with Crippen molar-refractivity contribution in [2.45, 2.75) is 11.8 Å². The van der Waals surface area contributed by atoms with Gasteiger partial charge in [0.05, 0.1) is 10.6 Å². The van der Waals surface area contributed by atoms with E-state index in [1.165, 1.54) is 6.07 Å². The third-order valence-corrected chi connectivity index (χ3v) is 5.66. The lowest BCUT2D eigenvalue weighted by Gasteiger charge is -2.23. The van der Waals surface area contributed by atoms with Gasteiger partial charge in [0, 0.05) is 12.6 Å². The second-order valence-corrected chi connectivity index (χ2v) is 7.14. The Morgan fingerprint density at radius 2 is 1.62 bits per heavy atom. The van der Waals surface area contributed by atoms with Crippen molar-refractivity contribution in [3.05, 3.63) is 72.3 Å². The van der Waals surface area contributed by atoms with E-state index in [1.807, 2.05) is 24.3 Å². The molecule has 0 spiro atoms. The SMILES string of the molecule is CCN(c1ccc(F)cc1F)S(=O)(=O)c1ccc2ccccc2c1. The highest BCUT2D eigenvalue weighted by atomic mass is 32.2. The highest BCUT2D eigenvalue weighted by Crippen LogP contribution is 2.28. The first kappa shape index (κ1) is 16.4. The van der Waals surface area contributed by atoms with Gasteiger partial charge in [-0.15, -0.1) is 0 Å². The molecule has 6 heteroatoms. The normalized spacial score (nSPS) is 11.6. The fraction of sp³-hybridized carbons (Fsp3) is 0.111. The van der Waals surface area contributed by atoms with Crippen molar-refractivity contribution in [2.75, 3.05) is 10.8 Å². The maximum atomic E-state index is 14.0. The van der Waals surface area contributed by atoms with Gasteiger partial charge in [-0.05, 0) is 42.0 Å². The van der Waals surface area contributed by atoms with Crippen LogP contribution in [0.2, 0.25) is 0 Å². The molecular formula is C18H15F2NO2S. The van der Waals surface area contributed by atoms with Crippen LogP contribution < -0.4 is 4.31 Å². The van der Waals surface area contributed by atoms with Gasteiger partial charge >= 0.3 is 0 Å². The van der Waals surface area contributed by atoms with Crippen molar-refractivity contribution in [3.8, 4) is 0 Å². The molecule has 3 aromatic rings. The minimum atomic E-state index is -3.96. The lowest BCUT2D eigenvalue weighted by atomic mass is 10.1. The summed E-state index contributed by atoms with van der Waals surface area (Å²) in [6.45, 7) is 1.62. The Balaban J connectivity index is 2.12. The molecule has 124 valence electrons. The topological polar surface area (TPSA) is 37.4 Å². The molecule has 24 heavy (non-hydrogen) atoms. The van der Waals surface area contributed by atoms with E-state index in [2.05, 4.69) is 0 Å². The lowest BCUT2D eigenvalue weighted by molar-refractivity contribution is 0.574. The molecule has 0 amide bonds. The van der Waals surface area contributed by atoms with Crippen molar-refractivity contribution in [2.24, 2.45) is 0 Å². The van der Waals surface area contributed by atoms with Gasteiger partial charge in [-0.25, -0.2) is 17.2 Å². The van der Waals surface area contributed by atoms with Crippen LogP contribution in [0.1, 0.15) is 6.92 Å². The Hall–Kier alpha value is -2.47. The zero-order valence-corrected chi connectivity index (χ0v) is 13.7. The van der Waals surface area contributed by atoms with Crippen LogP contribution in [0.4, 0.5) is 14.5 Å². The van der Waals surface area contributed by atoms with E-state index in [9.17, 15) is 17.2 Å². The number of sulfonamides is 1. The van der Waals surface area contributed by atoms with Crippen LogP contribution in [-0.2, 0) is 10.0 Å². The molecular weight excluding hydrogens is 332 g/mol. The maximum Gasteiger partial charge on any atom is 0.264 e. The number of rotatable bonds is 4. The van der Waals surface area contributed by atoms with Gasteiger partial charge in [-0.3, -0.25) is 4.31 Å². The van der Waals surface area contributed by atoms with E-state index in [-0.39, 0.29) is 17.1 Å². The zero-order chi connectivity index (χ0) is 17.3. The van der Waals surface area contributed by atoms with Crippen LogP contribution in [0.15, 0.2) is 65.6 Å². The first-order valence-corrected chi connectivity index (χ1v) is 8.84. The van der Waals surface area contributed by atoms with Gasteiger partial charge in [0.15, 0.2) is 0 Å². The summed E-state index contributed by atoms with van der Waals surface area (Å²) in [5.41, 5.74) is -0.174. The molecule has 0 unspecified atom stereocenters. The summed E-state index contributed by atoms with van der Waals surface area (Å²) in [5.74, 6) is -1.67. The average molecular weight is 347 g/mol. The van der Waals surface area contributed by atoms with Crippen molar-refractivity contribution in [1.82, 2.24) is 0 Å². The third-order valence-electron chi connectivity index (χ3n) is 3.77. The molecule has 0 aliphatic rings. The molecule has 3 rings (SSSR count). The van der Waals surface area contributed by atoms with Crippen LogP contribution in [0.25, 0.3) is 10.8 Å². The summed E-state index contributed by atoms with van der Waals surface area (Å²) in [6.07, 6.45) is 0. The van der Waals surface area contributed by atoms with Gasteiger partial charge in [0.1, 0.15) is 11.6 Å². The summed E-state index contributed by atoms with van der Waals surface area (Å²) >= 11 is 0. The molecule has 0 aromatic heterocycles. The molecule has 0 fully saturated rings. The Kier molecular flexibility index (Phi) is 4.24. The van der Waals surface area contributed by atoms with E-state index in [1.54, 1.807) is 19.1 Å². The number of nitrogens with zero attached hydrogens (tertiary/aromatic N) is 1. The number of hydrogen-bond acceptors (Lipinski definition) is 2. The summed E-state index contributed by atoms with van der Waals surface area (Å²) in [4.78, 5) is 0.0618. The van der Waals surface area contributed by atoms with E-state index in [4.69, 9.17) is 0 Å². The van der Waals surface area contributed by atoms with Crippen LogP contribution in [0.5, 0.6) is 0 Å². The molecule has 0 saturated carbocycles. The smallest absolute Gasteiger partial charge is 0.264 e.